The first-order chi connectivity index (χ1) is 14.6. The Hall–Kier alpha value is -2.14. The van der Waals surface area contributed by atoms with Crippen LogP contribution in [-0.4, -0.2) is 34.9 Å². The molecule has 30 heavy (non-hydrogen) atoms. The van der Waals surface area contributed by atoms with Crippen molar-refractivity contribution in [2.45, 2.75) is 77.8 Å². The van der Waals surface area contributed by atoms with Crippen LogP contribution in [0, 0.1) is 19.8 Å². The van der Waals surface area contributed by atoms with E-state index in [9.17, 15) is 4.79 Å². The largest absolute Gasteiger partial charge is 0.441 e. The fourth-order valence-electron chi connectivity index (χ4n) is 4.81. The Morgan fingerprint density at radius 3 is 2.47 bits per heavy atom. The van der Waals surface area contributed by atoms with E-state index in [2.05, 4.69) is 29.3 Å². The van der Waals surface area contributed by atoms with Crippen LogP contribution >= 0.6 is 0 Å². The van der Waals surface area contributed by atoms with Crippen molar-refractivity contribution in [2.24, 2.45) is 5.92 Å². The third kappa shape index (κ3) is 5.12. The number of piperidine rings is 1. The number of nitrogens with one attached hydrogen (secondary N) is 1. The van der Waals surface area contributed by atoms with Crippen LogP contribution in [-0.2, 0) is 11.3 Å². The van der Waals surface area contributed by atoms with E-state index in [1.807, 2.05) is 19.1 Å². The molecular weight excluding hydrogens is 374 g/mol. The second kappa shape index (κ2) is 9.78. The zero-order valence-corrected chi connectivity index (χ0v) is 18.5. The van der Waals surface area contributed by atoms with E-state index in [1.165, 1.54) is 31.2 Å². The van der Waals surface area contributed by atoms with Gasteiger partial charge in [-0.2, -0.15) is 0 Å². The Balaban J connectivity index is 1.30. The number of rotatable bonds is 5. The highest BCUT2D eigenvalue weighted by molar-refractivity contribution is 5.79. The quantitative estimate of drug-likeness (QED) is 0.705. The smallest absolute Gasteiger partial charge is 0.226 e. The predicted molar refractivity (Wildman–Crippen MR) is 119 cm³/mol. The third-order valence-corrected chi connectivity index (χ3v) is 6.80. The van der Waals surface area contributed by atoms with Gasteiger partial charge in [0.05, 0.1) is 5.69 Å². The van der Waals surface area contributed by atoms with E-state index >= 15 is 0 Å². The molecule has 1 saturated carbocycles. The Morgan fingerprint density at radius 2 is 1.77 bits per heavy atom. The summed E-state index contributed by atoms with van der Waals surface area (Å²) in [5.74, 6) is 2.03. The monoisotopic (exact) mass is 409 g/mol. The highest BCUT2D eigenvalue weighted by atomic mass is 16.4. The lowest BCUT2D eigenvalue weighted by molar-refractivity contribution is -0.127. The number of nitrogens with zero attached hydrogens (tertiary/aromatic N) is 2. The molecule has 2 heterocycles. The van der Waals surface area contributed by atoms with Gasteiger partial charge in [-0.15, -0.1) is 0 Å². The molecule has 0 radical (unpaired) electrons. The first-order valence-corrected chi connectivity index (χ1v) is 11.6. The SMILES string of the molecule is Cc1ccccc1-c1nc(CN2CCC(C(=O)NC3CCCCCC3)CC2)c(C)o1. The Bertz CT molecular complexity index is 844. The summed E-state index contributed by atoms with van der Waals surface area (Å²) in [6, 6.07) is 8.59. The number of likely N-dealkylation sites (tertiary alicyclic amines) is 1. The number of aryl methyl sites for hydroxylation is 2. The van der Waals surface area contributed by atoms with Gasteiger partial charge in [0.25, 0.3) is 0 Å². The molecule has 1 aliphatic heterocycles. The van der Waals surface area contributed by atoms with Gasteiger partial charge < -0.3 is 9.73 Å². The molecular formula is C25H35N3O2. The van der Waals surface area contributed by atoms with Crippen molar-refractivity contribution >= 4 is 5.91 Å². The number of aromatic nitrogens is 1. The Morgan fingerprint density at radius 1 is 1.07 bits per heavy atom. The molecule has 1 aromatic heterocycles. The fourth-order valence-corrected chi connectivity index (χ4v) is 4.81. The number of benzene rings is 1. The zero-order chi connectivity index (χ0) is 20.9. The summed E-state index contributed by atoms with van der Waals surface area (Å²) in [5, 5.41) is 3.34. The van der Waals surface area contributed by atoms with E-state index in [0.717, 1.165) is 62.3 Å². The van der Waals surface area contributed by atoms with Crippen LogP contribution in [0.1, 0.15) is 68.4 Å². The van der Waals surface area contributed by atoms with Gasteiger partial charge in [0, 0.05) is 24.1 Å². The zero-order valence-electron chi connectivity index (χ0n) is 18.5. The summed E-state index contributed by atoms with van der Waals surface area (Å²) in [7, 11) is 0. The Labute approximate surface area is 180 Å². The molecule has 1 aliphatic carbocycles. The van der Waals surface area contributed by atoms with Crippen molar-refractivity contribution < 1.29 is 9.21 Å². The van der Waals surface area contributed by atoms with Gasteiger partial charge in [-0.1, -0.05) is 43.9 Å². The summed E-state index contributed by atoms with van der Waals surface area (Å²) in [4.78, 5) is 19.9. The molecule has 0 atom stereocenters. The van der Waals surface area contributed by atoms with E-state index < -0.39 is 0 Å². The molecule has 5 heteroatoms. The molecule has 1 N–H and O–H groups in total. The molecule has 1 amide bonds. The van der Waals surface area contributed by atoms with Gasteiger partial charge in [0.2, 0.25) is 11.8 Å². The number of carbonyl (C=O) groups excluding carboxylic acids is 1. The molecule has 4 rings (SSSR count). The third-order valence-electron chi connectivity index (χ3n) is 6.80. The van der Waals surface area contributed by atoms with Crippen molar-refractivity contribution in [1.29, 1.82) is 0 Å². The fraction of sp³-hybridized carbons (Fsp3) is 0.600. The van der Waals surface area contributed by atoms with Crippen LogP contribution in [0.25, 0.3) is 11.5 Å². The molecule has 0 bridgehead atoms. The van der Waals surface area contributed by atoms with Crippen molar-refractivity contribution in [2.75, 3.05) is 13.1 Å². The normalized spacial score (nSPS) is 19.5. The number of amides is 1. The summed E-state index contributed by atoms with van der Waals surface area (Å²) in [6.45, 7) is 6.75. The highest BCUT2D eigenvalue weighted by Crippen LogP contribution is 2.27. The first-order valence-electron chi connectivity index (χ1n) is 11.6. The van der Waals surface area contributed by atoms with Crippen LogP contribution in [0.15, 0.2) is 28.7 Å². The van der Waals surface area contributed by atoms with Gasteiger partial charge in [-0.3, -0.25) is 9.69 Å². The molecule has 0 spiro atoms. The van der Waals surface area contributed by atoms with Gasteiger partial charge in [0.15, 0.2) is 0 Å². The van der Waals surface area contributed by atoms with E-state index in [0.29, 0.717) is 11.9 Å². The predicted octanol–water partition coefficient (Wildman–Crippen LogP) is 5.01. The van der Waals surface area contributed by atoms with Gasteiger partial charge in [0.1, 0.15) is 5.76 Å². The number of carbonyl (C=O) groups is 1. The molecule has 1 saturated heterocycles. The molecule has 1 aromatic carbocycles. The van der Waals surface area contributed by atoms with Crippen molar-refractivity contribution in [3.8, 4) is 11.5 Å². The summed E-state index contributed by atoms with van der Waals surface area (Å²) >= 11 is 0. The summed E-state index contributed by atoms with van der Waals surface area (Å²) < 4.78 is 5.98. The summed E-state index contributed by atoms with van der Waals surface area (Å²) in [5.41, 5.74) is 3.24. The van der Waals surface area contributed by atoms with Crippen LogP contribution in [0.3, 0.4) is 0 Å². The molecule has 2 aromatic rings. The van der Waals surface area contributed by atoms with Gasteiger partial charge in [-0.05, 0) is 64.3 Å². The van der Waals surface area contributed by atoms with Crippen molar-refractivity contribution in [1.82, 2.24) is 15.2 Å². The minimum Gasteiger partial charge on any atom is -0.441 e. The first kappa shape index (κ1) is 21.1. The van der Waals surface area contributed by atoms with Crippen molar-refractivity contribution in [3.63, 3.8) is 0 Å². The minimum absolute atomic E-state index is 0.158. The standard InChI is InChI=1S/C25H35N3O2/c1-18-9-7-8-12-22(18)25-27-23(19(2)30-25)17-28-15-13-20(14-16-28)24(29)26-21-10-5-3-4-6-11-21/h7-9,12,20-21H,3-6,10-11,13-17H2,1-2H3,(H,26,29). The minimum atomic E-state index is 0.158. The average molecular weight is 410 g/mol. The molecule has 2 aliphatic rings. The molecule has 162 valence electrons. The number of oxazole rings is 1. The van der Waals surface area contributed by atoms with Gasteiger partial charge in [-0.25, -0.2) is 4.98 Å². The van der Waals surface area contributed by atoms with Crippen molar-refractivity contribution in [3.05, 3.63) is 41.3 Å². The van der Waals surface area contributed by atoms with Crippen LogP contribution in [0.4, 0.5) is 0 Å². The van der Waals surface area contributed by atoms with E-state index in [1.54, 1.807) is 0 Å². The topological polar surface area (TPSA) is 58.4 Å². The van der Waals surface area contributed by atoms with E-state index in [-0.39, 0.29) is 11.8 Å². The summed E-state index contributed by atoms with van der Waals surface area (Å²) in [6.07, 6.45) is 9.31. The lowest BCUT2D eigenvalue weighted by Gasteiger charge is -2.31. The van der Waals surface area contributed by atoms with Gasteiger partial charge >= 0.3 is 0 Å². The highest BCUT2D eigenvalue weighted by Gasteiger charge is 2.27. The maximum atomic E-state index is 12.7. The Kier molecular flexibility index (Phi) is 6.88. The molecule has 2 fully saturated rings. The average Bonchev–Trinajstić information content (AvgIpc) is 2.93. The second-order valence-electron chi connectivity index (χ2n) is 9.08. The van der Waals surface area contributed by atoms with E-state index in [4.69, 9.17) is 9.40 Å². The molecule has 0 unspecified atom stereocenters. The lowest BCUT2D eigenvalue weighted by atomic mass is 9.95. The molecule has 5 nitrogen and oxygen atoms in total. The maximum absolute atomic E-state index is 12.7. The van der Waals surface area contributed by atoms with Crippen LogP contribution < -0.4 is 5.32 Å². The number of hydrogen-bond donors (Lipinski definition) is 1. The number of hydrogen-bond acceptors (Lipinski definition) is 4. The lowest BCUT2D eigenvalue weighted by Crippen LogP contribution is -2.43. The van der Waals surface area contributed by atoms with Crippen LogP contribution in [0.5, 0.6) is 0 Å². The second-order valence-corrected chi connectivity index (χ2v) is 9.08. The maximum Gasteiger partial charge on any atom is 0.226 e. The van der Waals surface area contributed by atoms with Crippen LogP contribution in [0.2, 0.25) is 0 Å².